The number of carbonyl (C=O) groups excluding carboxylic acids is 3. The van der Waals surface area contributed by atoms with Gasteiger partial charge in [0.05, 0.1) is 12.5 Å². The number of nitroso groups, excluding NO2 is 1. The van der Waals surface area contributed by atoms with Crippen molar-refractivity contribution in [3.63, 3.8) is 0 Å². The van der Waals surface area contributed by atoms with Gasteiger partial charge < -0.3 is 5.32 Å². The number of aryl methyl sites for hydroxylation is 1. The van der Waals surface area contributed by atoms with E-state index in [-0.39, 0.29) is 13.1 Å². The van der Waals surface area contributed by atoms with E-state index in [9.17, 15) is 19.3 Å². The Morgan fingerprint density at radius 3 is 2.38 bits per heavy atom. The Morgan fingerprint density at radius 1 is 1.12 bits per heavy atom. The smallest absolute Gasteiger partial charge is 0.331 e. The number of imide groups is 1. The van der Waals surface area contributed by atoms with E-state index < -0.39 is 30.2 Å². The molecule has 1 heterocycles. The van der Waals surface area contributed by atoms with Gasteiger partial charge in [0.15, 0.2) is 6.29 Å². The number of amides is 5. The van der Waals surface area contributed by atoms with Crippen LogP contribution in [-0.2, 0) is 17.8 Å². The molecule has 0 radical (unpaired) electrons. The summed E-state index contributed by atoms with van der Waals surface area (Å²) in [4.78, 5) is 50.6. The molecule has 2 N–H and O–H groups in total. The molecule has 1 fully saturated rings. The second-order valence-corrected chi connectivity index (χ2v) is 8.71. The maximum absolute atomic E-state index is 13.3. The maximum atomic E-state index is 13.3. The highest BCUT2D eigenvalue weighted by atomic mass is 35.5. The zero-order valence-corrected chi connectivity index (χ0v) is 19.9. The van der Waals surface area contributed by atoms with Crippen LogP contribution in [0.4, 0.5) is 15.3 Å². The van der Waals surface area contributed by atoms with Gasteiger partial charge in [0.25, 0.3) is 5.91 Å². The number of hydrogen-bond donors (Lipinski definition) is 2. The summed E-state index contributed by atoms with van der Waals surface area (Å²) in [5.41, 5.74) is 2.75. The van der Waals surface area contributed by atoms with Gasteiger partial charge in [0.2, 0.25) is 0 Å². The SMILES string of the molecule is CCCCc1ccc(NC2NC(=O)N(C[C@H](C)C(=O)N=O)C(=O)N2Cc2ccc(Cl)cc2)cc1. The first-order valence-electron chi connectivity index (χ1n) is 11.2. The summed E-state index contributed by atoms with van der Waals surface area (Å²) in [5.74, 6) is -1.84. The van der Waals surface area contributed by atoms with E-state index in [0.29, 0.717) is 5.02 Å². The molecular weight excluding hydrogens is 458 g/mol. The zero-order valence-electron chi connectivity index (χ0n) is 19.2. The number of unbranched alkanes of at least 4 members (excludes halogenated alkanes) is 1. The number of carbonyl (C=O) groups is 3. The summed E-state index contributed by atoms with van der Waals surface area (Å²) in [6.45, 7) is 3.50. The number of hydrogen-bond acceptors (Lipinski definition) is 5. The van der Waals surface area contributed by atoms with Crippen molar-refractivity contribution >= 4 is 35.3 Å². The second kappa shape index (κ2) is 11.6. The number of halogens is 1. The molecule has 1 aliphatic rings. The third-order valence-corrected chi connectivity index (χ3v) is 5.86. The number of anilines is 1. The molecule has 0 bridgehead atoms. The fraction of sp³-hybridized carbons (Fsp3) is 0.375. The highest BCUT2D eigenvalue weighted by Crippen LogP contribution is 2.21. The number of benzene rings is 2. The highest BCUT2D eigenvalue weighted by molar-refractivity contribution is 6.30. The van der Waals surface area contributed by atoms with Crippen molar-refractivity contribution in [1.82, 2.24) is 15.1 Å². The van der Waals surface area contributed by atoms with Crippen LogP contribution in [0, 0.1) is 10.8 Å². The molecule has 9 nitrogen and oxygen atoms in total. The minimum atomic E-state index is -0.923. The van der Waals surface area contributed by atoms with Gasteiger partial charge in [-0.15, -0.1) is 4.91 Å². The first-order valence-corrected chi connectivity index (χ1v) is 11.6. The molecule has 0 spiro atoms. The van der Waals surface area contributed by atoms with Gasteiger partial charge in [-0.1, -0.05) is 56.1 Å². The number of rotatable bonds is 10. The topological polar surface area (TPSA) is 111 Å². The lowest BCUT2D eigenvalue weighted by Crippen LogP contribution is -2.67. The van der Waals surface area contributed by atoms with Crippen molar-refractivity contribution < 1.29 is 14.4 Å². The maximum Gasteiger partial charge on any atom is 0.331 e. The van der Waals surface area contributed by atoms with E-state index in [4.69, 9.17) is 11.6 Å². The molecule has 1 saturated heterocycles. The van der Waals surface area contributed by atoms with E-state index in [1.54, 1.807) is 24.3 Å². The van der Waals surface area contributed by atoms with Crippen LogP contribution in [0.5, 0.6) is 0 Å². The molecule has 10 heteroatoms. The van der Waals surface area contributed by atoms with Crippen molar-refractivity contribution in [3.05, 3.63) is 69.6 Å². The summed E-state index contributed by atoms with van der Waals surface area (Å²) in [5, 5.41) is 8.94. The molecule has 2 aromatic rings. The third kappa shape index (κ3) is 6.32. The predicted octanol–water partition coefficient (Wildman–Crippen LogP) is 4.95. The normalized spacial score (nSPS) is 16.7. The lowest BCUT2D eigenvalue weighted by Gasteiger charge is -2.41. The minimum Gasteiger partial charge on any atom is -0.348 e. The molecule has 2 aromatic carbocycles. The molecular formula is C24H28ClN5O4. The van der Waals surface area contributed by atoms with Crippen molar-refractivity contribution in [1.29, 1.82) is 0 Å². The van der Waals surface area contributed by atoms with Crippen LogP contribution in [0.15, 0.2) is 53.7 Å². The van der Waals surface area contributed by atoms with Crippen molar-refractivity contribution in [3.8, 4) is 0 Å². The largest absolute Gasteiger partial charge is 0.348 e. The number of nitrogens with one attached hydrogen (secondary N) is 2. The monoisotopic (exact) mass is 485 g/mol. The van der Waals surface area contributed by atoms with E-state index in [1.165, 1.54) is 17.4 Å². The van der Waals surface area contributed by atoms with E-state index in [2.05, 4.69) is 22.7 Å². The molecule has 180 valence electrons. The van der Waals surface area contributed by atoms with Crippen LogP contribution in [0.25, 0.3) is 0 Å². The lowest BCUT2D eigenvalue weighted by atomic mass is 10.1. The van der Waals surface area contributed by atoms with Crippen molar-refractivity contribution in [2.75, 3.05) is 11.9 Å². The summed E-state index contributed by atoms with van der Waals surface area (Å²) < 4.78 is 0. The molecule has 0 aromatic heterocycles. The molecule has 3 rings (SSSR count). The van der Waals surface area contributed by atoms with Crippen molar-refractivity contribution in [2.24, 2.45) is 11.1 Å². The van der Waals surface area contributed by atoms with Crippen LogP contribution in [0.1, 0.15) is 37.8 Å². The van der Waals surface area contributed by atoms with Gasteiger partial charge >= 0.3 is 12.1 Å². The Hall–Kier alpha value is -3.46. The Bertz CT molecular complexity index is 1030. The van der Waals surface area contributed by atoms with Gasteiger partial charge in [-0.2, -0.15) is 0 Å². The molecule has 1 aliphatic heterocycles. The molecule has 0 aliphatic carbocycles. The predicted molar refractivity (Wildman–Crippen MR) is 130 cm³/mol. The molecule has 0 saturated carbocycles. The molecule has 34 heavy (non-hydrogen) atoms. The van der Waals surface area contributed by atoms with E-state index in [1.807, 2.05) is 24.3 Å². The average molecular weight is 486 g/mol. The fourth-order valence-corrected chi connectivity index (χ4v) is 3.72. The van der Waals surface area contributed by atoms with Gasteiger partial charge in [-0.05, 0) is 48.2 Å². The summed E-state index contributed by atoms with van der Waals surface area (Å²) >= 11 is 5.98. The molecule has 1 unspecified atom stereocenters. The summed E-state index contributed by atoms with van der Waals surface area (Å²) in [7, 11) is 0. The number of urea groups is 2. The molecule has 2 atom stereocenters. The molecule has 5 amide bonds. The Labute approximate surface area is 203 Å². The minimum absolute atomic E-state index is 0.174. The van der Waals surface area contributed by atoms with Crippen LogP contribution in [0.3, 0.4) is 0 Å². The van der Waals surface area contributed by atoms with Crippen LogP contribution < -0.4 is 10.6 Å². The standard InChI is InChI=1S/C24H28ClN5O4/c1-3-4-5-17-8-12-20(13-9-17)26-22-27-23(32)30(14-16(2)21(31)28-34)24(33)29(22)15-18-6-10-19(25)11-7-18/h6-13,16,22,26H,3-5,14-15H2,1-2H3,(H,27,32)/t16-,22?/m0/s1. The highest BCUT2D eigenvalue weighted by Gasteiger charge is 2.39. The Balaban J connectivity index is 1.82. The average Bonchev–Trinajstić information content (AvgIpc) is 2.84. The quantitative estimate of drug-likeness (QED) is 0.462. The van der Waals surface area contributed by atoms with Gasteiger partial charge in [-0.25, -0.2) is 14.5 Å². The summed E-state index contributed by atoms with van der Waals surface area (Å²) in [6.07, 6.45) is 2.37. The zero-order chi connectivity index (χ0) is 24.7. The van der Waals surface area contributed by atoms with Gasteiger partial charge in [-0.3, -0.25) is 15.0 Å². The van der Waals surface area contributed by atoms with Crippen LogP contribution in [-0.4, -0.2) is 40.6 Å². The Morgan fingerprint density at radius 2 is 1.76 bits per heavy atom. The summed E-state index contributed by atoms with van der Waals surface area (Å²) in [6, 6.07) is 13.6. The number of nitrogens with zero attached hydrogens (tertiary/aromatic N) is 3. The van der Waals surface area contributed by atoms with Gasteiger partial charge in [0, 0.05) is 22.4 Å². The van der Waals surface area contributed by atoms with Crippen LogP contribution in [0.2, 0.25) is 5.02 Å². The second-order valence-electron chi connectivity index (χ2n) is 8.27. The van der Waals surface area contributed by atoms with E-state index in [0.717, 1.165) is 35.4 Å². The first-order chi connectivity index (χ1) is 16.3. The lowest BCUT2D eigenvalue weighted by molar-refractivity contribution is -0.121. The van der Waals surface area contributed by atoms with Gasteiger partial charge in [0.1, 0.15) is 0 Å². The van der Waals surface area contributed by atoms with Crippen LogP contribution >= 0.6 is 11.6 Å². The Kier molecular flexibility index (Phi) is 8.59. The third-order valence-electron chi connectivity index (χ3n) is 5.60. The first kappa shape index (κ1) is 25.2. The van der Waals surface area contributed by atoms with E-state index >= 15 is 0 Å². The fourth-order valence-electron chi connectivity index (χ4n) is 3.59. The van der Waals surface area contributed by atoms with Crippen molar-refractivity contribution in [2.45, 2.75) is 45.9 Å².